The molecule has 0 saturated carbocycles. The number of carbonyl (C=O) groups excluding carboxylic acids is 1. The minimum absolute atomic E-state index is 0.164. The molecular weight excluding hydrogens is 294 g/mol. The molecular formula is C22H23NO. The van der Waals surface area contributed by atoms with Crippen molar-refractivity contribution in [2.24, 2.45) is 5.41 Å². The summed E-state index contributed by atoms with van der Waals surface area (Å²) in [6.45, 7) is 1.05. The fraction of sp³-hybridized carbons (Fsp3) is 0.318. The maximum absolute atomic E-state index is 13.2. The van der Waals surface area contributed by atoms with Gasteiger partial charge in [-0.3, -0.25) is 9.69 Å². The fourth-order valence-electron chi connectivity index (χ4n) is 4.60. The molecule has 1 saturated heterocycles. The lowest BCUT2D eigenvalue weighted by atomic mass is 9.67. The second-order valence-corrected chi connectivity index (χ2v) is 7.13. The molecule has 2 heteroatoms. The van der Waals surface area contributed by atoms with E-state index >= 15 is 0 Å². The lowest BCUT2D eigenvalue weighted by Crippen LogP contribution is -2.47. The Balaban J connectivity index is 1.74. The van der Waals surface area contributed by atoms with Crippen LogP contribution >= 0.6 is 0 Å². The van der Waals surface area contributed by atoms with Crippen LogP contribution in [0.5, 0.6) is 0 Å². The third-order valence-corrected chi connectivity index (χ3v) is 5.66. The highest BCUT2D eigenvalue weighted by Crippen LogP contribution is 2.54. The summed E-state index contributed by atoms with van der Waals surface area (Å²) >= 11 is 0. The molecule has 0 amide bonds. The van der Waals surface area contributed by atoms with Gasteiger partial charge in [-0.15, -0.1) is 0 Å². The number of rotatable bonds is 2. The molecule has 24 heavy (non-hydrogen) atoms. The molecule has 1 spiro atoms. The Hall–Kier alpha value is -2.19. The average molecular weight is 317 g/mol. The van der Waals surface area contributed by atoms with E-state index in [1.165, 1.54) is 16.7 Å². The minimum atomic E-state index is -0.306. The van der Waals surface area contributed by atoms with Gasteiger partial charge in [0, 0.05) is 6.04 Å². The average Bonchev–Trinajstić information content (AvgIpc) is 2.93. The van der Waals surface area contributed by atoms with Gasteiger partial charge in [0.15, 0.2) is 5.78 Å². The van der Waals surface area contributed by atoms with E-state index < -0.39 is 0 Å². The molecule has 1 fully saturated rings. The van der Waals surface area contributed by atoms with Gasteiger partial charge >= 0.3 is 0 Å². The number of allylic oxidation sites excluding steroid dienone is 2. The van der Waals surface area contributed by atoms with Gasteiger partial charge in [-0.2, -0.15) is 0 Å². The highest BCUT2D eigenvalue weighted by molar-refractivity contribution is 6.06. The van der Waals surface area contributed by atoms with Crippen LogP contribution in [0, 0.1) is 5.41 Å². The van der Waals surface area contributed by atoms with Crippen molar-refractivity contribution < 1.29 is 4.79 Å². The van der Waals surface area contributed by atoms with Crippen LogP contribution in [0.25, 0.3) is 5.57 Å². The second kappa shape index (κ2) is 6.03. The van der Waals surface area contributed by atoms with Crippen molar-refractivity contribution in [1.82, 2.24) is 4.90 Å². The highest BCUT2D eigenvalue weighted by atomic mass is 16.1. The quantitative estimate of drug-likeness (QED) is 0.813. The van der Waals surface area contributed by atoms with Crippen molar-refractivity contribution in [2.45, 2.75) is 25.3 Å². The van der Waals surface area contributed by atoms with Gasteiger partial charge in [-0.1, -0.05) is 60.7 Å². The summed E-state index contributed by atoms with van der Waals surface area (Å²) < 4.78 is 0. The van der Waals surface area contributed by atoms with E-state index in [9.17, 15) is 4.79 Å². The molecule has 2 aromatic rings. The van der Waals surface area contributed by atoms with Crippen LogP contribution in [-0.4, -0.2) is 24.3 Å². The Morgan fingerprint density at radius 2 is 1.67 bits per heavy atom. The SMILES string of the molecule is CN1CCCC2(CC(c3ccccc3)=CC2=O)C1c1ccccc1. The molecule has 0 aromatic heterocycles. The van der Waals surface area contributed by atoms with Crippen molar-refractivity contribution in [3.63, 3.8) is 0 Å². The summed E-state index contributed by atoms with van der Waals surface area (Å²) in [5.41, 5.74) is 3.33. The molecule has 4 rings (SSSR count). The van der Waals surface area contributed by atoms with Gasteiger partial charge < -0.3 is 0 Å². The molecule has 0 radical (unpaired) electrons. The first kappa shape index (κ1) is 15.3. The number of piperidine rings is 1. The minimum Gasteiger partial charge on any atom is -0.298 e. The third kappa shape index (κ3) is 2.42. The van der Waals surface area contributed by atoms with Crippen LogP contribution in [0.2, 0.25) is 0 Å². The normalized spacial score (nSPS) is 27.5. The molecule has 2 atom stereocenters. The zero-order valence-corrected chi connectivity index (χ0v) is 14.1. The Bertz CT molecular complexity index is 765. The number of hydrogen-bond acceptors (Lipinski definition) is 2. The Morgan fingerprint density at radius 1 is 1.00 bits per heavy atom. The lowest BCUT2D eigenvalue weighted by Gasteiger charge is -2.46. The molecule has 122 valence electrons. The second-order valence-electron chi connectivity index (χ2n) is 7.13. The Labute approximate surface area is 143 Å². The Kier molecular flexibility index (Phi) is 3.85. The van der Waals surface area contributed by atoms with Gasteiger partial charge in [0.25, 0.3) is 0 Å². The van der Waals surface area contributed by atoms with Gasteiger partial charge in [-0.25, -0.2) is 0 Å². The van der Waals surface area contributed by atoms with Crippen molar-refractivity contribution >= 4 is 11.4 Å². The zero-order chi connectivity index (χ0) is 16.6. The number of ketones is 1. The lowest BCUT2D eigenvalue weighted by molar-refractivity contribution is -0.129. The first-order valence-electron chi connectivity index (χ1n) is 8.76. The maximum atomic E-state index is 13.2. The molecule has 1 aliphatic heterocycles. The van der Waals surface area contributed by atoms with E-state index in [1.54, 1.807) is 0 Å². The Morgan fingerprint density at radius 3 is 2.38 bits per heavy atom. The summed E-state index contributed by atoms with van der Waals surface area (Å²) in [6.07, 6.45) is 4.81. The van der Waals surface area contributed by atoms with Gasteiger partial charge in [0.1, 0.15) is 0 Å². The number of carbonyl (C=O) groups is 1. The van der Waals surface area contributed by atoms with E-state index in [-0.39, 0.29) is 11.5 Å². The molecule has 2 aromatic carbocycles. The predicted molar refractivity (Wildman–Crippen MR) is 97.5 cm³/mol. The summed E-state index contributed by atoms with van der Waals surface area (Å²) in [4.78, 5) is 15.5. The molecule has 0 bridgehead atoms. The van der Waals surface area contributed by atoms with E-state index in [4.69, 9.17) is 0 Å². The molecule has 2 aliphatic rings. The molecule has 1 aliphatic carbocycles. The molecule has 2 nitrogen and oxygen atoms in total. The van der Waals surface area contributed by atoms with Crippen LogP contribution in [0.3, 0.4) is 0 Å². The van der Waals surface area contributed by atoms with Gasteiger partial charge in [0.2, 0.25) is 0 Å². The van der Waals surface area contributed by atoms with Crippen LogP contribution in [-0.2, 0) is 4.79 Å². The highest BCUT2D eigenvalue weighted by Gasteiger charge is 2.51. The van der Waals surface area contributed by atoms with E-state index in [2.05, 4.69) is 48.3 Å². The maximum Gasteiger partial charge on any atom is 0.164 e. The van der Waals surface area contributed by atoms with Crippen molar-refractivity contribution in [3.8, 4) is 0 Å². The van der Waals surface area contributed by atoms with Crippen LogP contribution in [0.4, 0.5) is 0 Å². The first-order chi connectivity index (χ1) is 11.7. The van der Waals surface area contributed by atoms with Crippen LogP contribution < -0.4 is 0 Å². The van der Waals surface area contributed by atoms with Crippen LogP contribution in [0.15, 0.2) is 66.7 Å². The monoisotopic (exact) mass is 317 g/mol. The third-order valence-electron chi connectivity index (χ3n) is 5.66. The summed E-state index contributed by atoms with van der Waals surface area (Å²) in [5, 5.41) is 0. The first-order valence-corrected chi connectivity index (χ1v) is 8.76. The smallest absolute Gasteiger partial charge is 0.164 e. The number of hydrogen-bond donors (Lipinski definition) is 0. The van der Waals surface area contributed by atoms with Crippen molar-refractivity contribution in [1.29, 1.82) is 0 Å². The van der Waals surface area contributed by atoms with E-state index in [0.29, 0.717) is 5.78 Å². The molecule has 2 unspecified atom stereocenters. The van der Waals surface area contributed by atoms with Crippen molar-refractivity contribution in [3.05, 3.63) is 77.9 Å². The van der Waals surface area contributed by atoms with Crippen LogP contribution in [0.1, 0.15) is 36.4 Å². The standard InChI is InChI=1S/C22H23NO/c1-23-14-8-13-22(21(23)18-11-6-3-7-12-18)16-19(15-20(22)24)17-9-4-2-5-10-17/h2-7,9-12,15,21H,8,13-14,16H2,1H3. The van der Waals surface area contributed by atoms with Gasteiger partial charge in [0.05, 0.1) is 5.41 Å². The topological polar surface area (TPSA) is 20.3 Å². The van der Waals surface area contributed by atoms with Gasteiger partial charge in [-0.05, 0) is 55.6 Å². The van der Waals surface area contributed by atoms with E-state index in [0.717, 1.165) is 25.8 Å². The van der Waals surface area contributed by atoms with E-state index in [1.807, 2.05) is 30.3 Å². The predicted octanol–water partition coefficient (Wildman–Crippen LogP) is 4.50. The number of benzene rings is 2. The summed E-state index contributed by atoms with van der Waals surface area (Å²) in [5.74, 6) is 0.307. The largest absolute Gasteiger partial charge is 0.298 e. The molecule has 1 heterocycles. The molecule has 0 N–H and O–H groups in total. The van der Waals surface area contributed by atoms with Crippen molar-refractivity contribution in [2.75, 3.05) is 13.6 Å². The number of nitrogens with zero attached hydrogens (tertiary/aromatic N) is 1. The fourth-order valence-corrected chi connectivity index (χ4v) is 4.60. The summed E-state index contributed by atoms with van der Waals surface area (Å²) in [6, 6.07) is 21.1. The zero-order valence-electron chi connectivity index (χ0n) is 14.1. The summed E-state index contributed by atoms with van der Waals surface area (Å²) in [7, 11) is 2.16. The number of likely N-dealkylation sites (tertiary alicyclic amines) is 1.